The Labute approximate surface area is 135 Å². The lowest BCUT2D eigenvalue weighted by Crippen LogP contribution is -2.58. The van der Waals surface area contributed by atoms with Crippen LogP contribution in [0.5, 0.6) is 0 Å². The first-order valence-electron chi connectivity index (χ1n) is 8.12. The number of carbonyl (C=O) groups excluding carboxylic acids is 2. The van der Waals surface area contributed by atoms with E-state index < -0.39 is 0 Å². The van der Waals surface area contributed by atoms with Crippen molar-refractivity contribution in [3.63, 3.8) is 0 Å². The summed E-state index contributed by atoms with van der Waals surface area (Å²) in [6.07, 6.45) is 4.37. The summed E-state index contributed by atoms with van der Waals surface area (Å²) in [4.78, 5) is 26.4. The molecule has 0 unspecified atom stereocenters. The van der Waals surface area contributed by atoms with Crippen LogP contribution in [0.4, 0.5) is 0 Å². The van der Waals surface area contributed by atoms with E-state index in [0.29, 0.717) is 31.8 Å². The Bertz CT molecular complexity index is 538. The molecule has 7 nitrogen and oxygen atoms in total. The molecule has 2 saturated heterocycles. The monoisotopic (exact) mass is 321 g/mol. The lowest BCUT2D eigenvalue weighted by atomic mass is 10.0. The highest BCUT2D eigenvalue weighted by Gasteiger charge is 2.31. The van der Waals surface area contributed by atoms with Gasteiger partial charge in [-0.1, -0.05) is 0 Å². The van der Waals surface area contributed by atoms with Gasteiger partial charge in [0.05, 0.1) is 24.5 Å². The maximum Gasteiger partial charge on any atom is 0.257 e. The minimum absolute atomic E-state index is 0.0144. The Kier molecular flexibility index (Phi) is 4.97. The van der Waals surface area contributed by atoms with Crippen molar-refractivity contribution >= 4 is 11.8 Å². The number of amides is 2. The van der Waals surface area contributed by atoms with Crippen molar-refractivity contribution < 1.29 is 18.7 Å². The van der Waals surface area contributed by atoms with Crippen molar-refractivity contribution in [2.24, 2.45) is 0 Å². The normalized spacial score (nSPS) is 26.0. The van der Waals surface area contributed by atoms with Gasteiger partial charge < -0.3 is 24.7 Å². The summed E-state index contributed by atoms with van der Waals surface area (Å²) in [5.74, 6) is -0.0312. The van der Waals surface area contributed by atoms with Crippen LogP contribution in [0.3, 0.4) is 0 Å². The molecule has 2 aliphatic heterocycles. The Morgan fingerprint density at radius 2 is 2.13 bits per heavy atom. The van der Waals surface area contributed by atoms with Gasteiger partial charge in [0.2, 0.25) is 5.91 Å². The lowest BCUT2D eigenvalue weighted by Gasteiger charge is -2.34. The smallest absolute Gasteiger partial charge is 0.257 e. The van der Waals surface area contributed by atoms with Gasteiger partial charge in [0.25, 0.3) is 5.91 Å². The first-order valence-corrected chi connectivity index (χ1v) is 8.12. The third kappa shape index (κ3) is 3.73. The van der Waals surface area contributed by atoms with E-state index in [1.54, 1.807) is 11.0 Å². The summed E-state index contributed by atoms with van der Waals surface area (Å²) in [7, 11) is 0. The molecule has 0 radical (unpaired) electrons. The zero-order valence-electron chi connectivity index (χ0n) is 13.3. The summed E-state index contributed by atoms with van der Waals surface area (Å²) in [5.41, 5.74) is 0.574. The van der Waals surface area contributed by atoms with Gasteiger partial charge in [0.1, 0.15) is 12.3 Å². The van der Waals surface area contributed by atoms with Gasteiger partial charge in [-0.3, -0.25) is 9.59 Å². The number of rotatable bonds is 3. The predicted molar refractivity (Wildman–Crippen MR) is 83.0 cm³/mol. The molecule has 1 aromatic heterocycles. The topological polar surface area (TPSA) is 83.8 Å². The molecule has 2 aliphatic rings. The van der Waals surface area contributed by atoms with Gasteiger partial charge in [0.15, 0.2) is 0 Å². The number of likely N-dealkylation sites (tertiary alicyclic amines) is 1. The zero-order chi connectivity index (χ0) is 16.2. The van der Waals surface area contributed by atoms with Crippen LogP contribution in [0.2, 0.25) is 0 Å². The van der Waals surface area contributed by atoms with E-state index in [4.69, 9.17) is 9.15 Å². The minimum Gasteiger partial charge on any atom is -0.472 e. The van der Waals surface area contributed by atoms with Crippen molar-refractivity contribution in [3.05, 3.63) is 24.2 Å². The molecule has 126 valence electrons. The molecule has 0 saturated carbocycles. The molecule has 23 heavy (non-hydrogen) atoms. The van der Waals surface area contributed by atoms with Crippen LogP contribution >= 0.6 is 0 Å². The average molecular weight is 321 g/mol. The Morgan fingerprint density at radius 1 is 1.35 bits per heavy atom. The molecule has 1 aromatic rings. The summed E-state index contributed by atoms with van der Waals surface area (Å²) >= 11 is 0. The molecule has 0 bridgehead atoms. The second-order valence-corrected chi connectivity index (χ2v) is 6.09. The van der Waals surface area contributed by atoms with E-state index in [-0.39, 0.29) is 30.0 Å². The number of hydrogen-bond donors (Lipinski definition) is 2. The fourth-order valence-electron chi connectivity index (χ4n) is 3.11. The highest BCUT2D eigenvalue weighted by Crippen LogP contribution is 2.15. The fourth-order valence-corrected chi connectivity index (χ4v) is 3.11. The van der Waals surface area contributed by atoms with E-state index in [2.05, 4.69) is 10.6 Å². The van der Waals surface area contributed by atoms with Crippen LogP contribution in [0.25, 0.3) is 0 Å². The average Bonchev–Trinajstić information content (AvgIpc) is 3.09. The third-order valence-electron chi connectivity index (χ3n) is 4.50. The predicted octanol–water partition coefficient (Wildman–Crippen LogP) is 0.377. The van der Waals surface area contributed by atoms with Gasteiger partial charge in [-0.25, -0.2) is 0 Å². The molecule has 2 fully saturated rings. The molecule has 2 atom stereocenters. The molecule has 3 rings (SSSR count). The molecule has 2 N–H and O–H groups in total. The van der Waals surface area contributed by atoms with Gasteiger partial charge in [-0.15, -0.1) is 0 Å². The van der Waals surface area contributed by atoms with Crippen molar-refractivity contribution in [1.82, 2.24) is 15.5 Å². The molecular formula is C16H23N3O4. The molecule has 3 heterocycles. The number of piperidine rings is 1. The molecule has 7 heteroatoms. The van der Waals surface area contributed by atoms with E-state index >= 15 is 0 Å². The molecule has 0 aromatic carbocycles. The van der Waals surface area contributed by atoms with E-state index in [1.165, 1.54) is 12.5 Å². The lowest BCUT2D eigenvalue weighted by molar-refractivity contribution is -0.129. The first-order chi connectivity index (χ1) is 11.1. The summed E-state index contributed by atoms with van der Waals surface area (Å²) in [6, 6.07) is 1.48. The van der Waals surface area contributed by atoms with Crippen LogP contribution < -0.4 is 10.6 Å². The van der Waals surface area contributed by atoms with Crippen LogP contribution in [-0.2, 0) is 9.53 Å². The summed E-state index contributed by atoms with van der Waals surface area (Å²) < 4.78 is 10.5. The standard InChI is InChI=1S/C16H23N3O4/c1-11-14(17-5-9-23-11)15(20)18-13-2-6-19(7-3-13)16(21)12-4-8-22-10-12/h4,8,10-11,13-14,17H,2-3,5-7,9H2,1H3,(H,18,20)/t11-,14+/m1/s1. The van der Waals surface area contributed by atoms with Gasteiger partial charge >= 0.3 is 0 Å². The van der Waals surface area contributed by atoms with E-state index in [1.807, 2.05) is 6.92 Å². The molecular weight excluding hydrogens is 298 g/mol. The fraction of sp³-hybridized carbons (Fsp3) is 0.625. The van der Waals surface area contributed by atoms with Crippen molar-refractivity contribution in [1.29, 1.82) is 0 Å². The maximum absolute atomic E-state index is 12.3. The second kappa shape index (κ2) is 7.14. The summed E-state index contributed by atoms with van der Waals surface area (Å²) in [6.45, 7) is 4.51. The first kappa shape index (κ1) is 16.0. The largest absolute Gasteiger partial charge is 0.472 e. The molecule has 0 aliphatic carbocycles. The summed E-state index contributed by atoms with van der Waals surface area (Å²) in [5, 5.41) is 6.27. The Balaban J connectivity index is 1.47. The van der Waals surface area contributed by atoms with Gasteiger partial charge in [0, 0.05) is 25.7 Å². The van der Waals surface area contributed by atoms with Crippen LogP contribution in [0, 0.1) is 0 Å². The number of hydrogen-bond acceptors (Lipinski definition) is 5. The number of morpholine rings is 1. The van der Waals surface area contributed by atoms with Crippen LogP contribution in [0.1, 0.15) is 30.1 Å². The number of carbonyl (C=O) groups is 2. The van der Waals surface area contributed by atoms with Crippen molar-refractivity contribution in [2.75, 3.05) is 26.2 Å². The number of ether oxygens (including phenoxy) is 1. The van der Waals surface area contributed by atoms with Crippen molar-refractivity contribution in [2.45, 2.75) is 38.0 Å². The quantitative estimate of drug-likeness (QED) is 0.841. The van der Waals surface area contributed by atoms with Crippen LogP contribution in [0.15, 0.2) is 23.0 Å². The Hall–Kier alpha value is -1.86. The number of nitrogens with zero attached hydrogens (tertiary/aromatic N) is 1. The SMILES string of the molecule is C[C@H]1OCCN[C@@H]1C(=O)NC1CCN(C(=O)c2ccoc2)CC1. The van der Waals surface area contributed by atoms with Crippen molar-refractivity contribution in [3.8, 4) is 0 Å². The highest BCUT2D eigenvalue weighted by molar-refractivity contribution is 5.93. The molecule has 0 spiro atoms. The zero-order valence-corrected chi connectivity index (χ0v) is 13.3. The maximum atomic E-state index is 12.3. The second-order valence-electron chi connectivity index (χ2n) is 6.09. The Morgan fingerprint density at radius 3 is 2.78 bits per heavy atom. The van der Waals surface area contributed by atoms with Crippen LogP contribution in [-0.4, -0.2) is 61.1 Å². The van der Waals surface area contributed by atoms with E-state index in [9.17, 15) is 9.59 Å². The minimum atomic E-state index is -0.297. The van der Waals surface area contributed by atoms with Gasteiger partial charge in [-0.05, 0) is 25.8 Å². The van der Waals surface area contributed by atoms with Gasteiger partial charge in [-0.2, -0.15) is 0 Å². The third-order valence-corrected chi connectivity index (χ3v) is 4.50. The number of furan rings is 1. The number of nitrogens with one attached hydrogen (secondary N) is 2. The molecule has 2 amide bonds. The van der Waals surface area contributed by atoms with E-state index in [0.717, 1.165) is 12.8 Å². The highest BCUT2D eigenvalue weighted by atomic mass is 16.5.